The predicted molar refractivity (Wildman–Crippen MR) is 159 cm³/mol. The van der Waals surface area contributed by atoms with E-state index >= 15 is 0 Å². The van der Waals surface area contributed by atoms with Crippen molar-refractivity contribution in [1.29, 1.82) is 0 Å². The van der Waals surface area contributed by atoms with E-state index in [0.717, 1.165) is 31.2 Å². The largest absolute Gasteiger partial charge is 0.491 e. The SMILES string of the molecule is C1CSCCN1.Fc1cc(OCC2CO2)ccc1Br.OC(COc1ccc(Br)c(F)c1)CN1CCSCC1. The molecule has 6 nitrogen and oxygen atoms in total. The maximum atomic E-state index is 13.3. The topological polar surface area (TPSA) is 66.5 Å². The zero-order chi connectivity index (χ0) is 27.2. The molecule has 2 aromatic rings. The summed E-state index contributed by atoms with van der Waals surface area (Å²) in [5, 5.41) is 13.2. The van der Waals surface area contributed by atoms with Crippen LogP contribution in [0.3, 0.4) is 0 Å². The van der Waals surface area contributed by atoms with Crippen LogP contribution >= 0.6 is 55.4 Å². The van der Waals surface area contributed by atoms with Crippen molar-refractivity contribution in [1.82, 2.24) is 10.2 Å². The quantitative estimate of drug-likeness (QED) is 0.371. The summed E-state index contributed by atoms with van der Waals surface area (Å²) >= 11 is 10.1. The molecule has 5 rings (SSSR count). The molecule has 2 atom stereocenters. The Morgan fingerprint density at radius 2 is 1.50 bits per heavy atom. The van der Waals surface area contributed by atoms with Crippen molar-refractivity contribution in [3.8, 4) is 11.5 Å². The van der Waals surface area contributed by atoms with E-state index in [9.17, 15) is 13.9 Å². The van der Waals surface area contributed by atoms with Crippen LogP contribution < -0.4 is 14.8 Å². The fraction of sp³-hybridized carbons (Fsp3) is 0.538. The summed E-state index contributed by atoms with van der Waals surface area (Å²) in [6.07, 6.45) is -0.346. The maximum absolute atomic E-state index is 13.3. The molecule has 2 aromatic carbocycles. The number of epoxide rings is 1. The minimum atomic E-state index is -0.546. The van der Waals surface area contributed by atoms with Crippen LogP contribution in [-0.2, 0) is 4.74 Å². The van der Waals surface area contributed by atoms with Crippen molar-refractivity contribution in [2.24, 2.45) is 0 Å². The zero-order valence-corrected chi connectivity index (χ0v) is 25.9. The molecule has 212 valence electrons. The van der Waals surface area contributed by atoms with Gasteiger partial charge < -0.3 is 24.6 Å². The molecule has 2 unspecified atom stereocenters. The first kappa shape index (κ1) is 31.9. The van der Waals surface area contributed by atoms with Crippen molar-refractivity contribution in [2.45, 2.75) is 12.2 Å². The zero-order valence-electron chi connectivity index (χ0n) is 21.1. The number of benzene rings is 2. The molecule has 3 heterocycles. The summed E-state index contributed by atoms with van der Waals surface area (Å²) in [4.78, 5) is 2.23. The Bertz CT molecular complexity index is 957. The molecular weight excluding hydrogens is 666 g/mol. The van der Waals surface area contributed by atoms with Gasteiger partial charge in [-0.25, -0.2) is 8.78 Å². The van der Waals surface area contributed by atoms with Crippen molar-refractivity contribution in [3.05, 3.63) is 57.0 Å². The van der Waals surface area contributed by atoms with E-state index in [1.807, 2.05) is 23.5 Å². The fourth-order valence-electron chi connectivity index (χ4n) is 3.33. The number of nitrogens with one attached hydrogen (secondary N) is 1. The third kappa shape index (κ3) is 13.2. The fourth-order valence-corrected chi connectivity index (χ4v) is 5.58. The van der Waals surface area contributed by atoms with E-state index in [1.54, 1.807) is 24.3 Å². The molecule has 0 spiro atoms. The van der Waals surface area contributed by atoms with Gasteiger partial charge in [-0.2, -0.15) is 23.5 Å². The summed E-state index contributed by atoms with van der Waals surface area (Å²) in [5.74, 6) is 5.15. The third-order valence-corrected chi connectivity index (χ3v) is 8.70. The first-order chi connectivity index (χ1) is 18.4. The van der Waals surface area contributed by atoms with Crippen LogP contribution in [0, 0.1) is 11.6 Å². The molecule has 0 aliphatic carbocycles. The van der Waals surface area contributed by atoms with Gasteiger partial charge in [0.05, 0.1) is 15.6 Å². The van der Waals surface area contributed by atoms with Gasteiger partial charge in [0.15, 0.2) is 0 Å². The van der Waals surface area contributed by atoms with Crippen LogP contribution in [0.2, 0.25) is 0 Å². The number of hydrogen-bond donors (Lipinski definition) is 2. The van der Waals surface area contributed by atoms with Crippen LogP contribution in [0.15, 0.2) is 45.3 Å². The van der Waals surface area contributed by atoms with Gasteiger partial charge >= 0.3 is 0 Å². The smallest absolute Gasteiger partial charge is 0.141 e. The second-order valence-corrected chi connectivity index (χ2v) is 12.8. The van der Waals surface area contributed by atoms with Crippen LogP contribution in [0.1, 0.15) is 0 Å². The lowest BCUT2D eigenvalue weighted by molar-refractivity contribution is 0.0714. The number of rotatable bonds is 8. The molecule has 3 saturated heterocycles. The van der Waals surface area contributed by atoms with E-state index < -0.39 is 6.10 Å². The second-order valence-electron chi connectivity index (χ2n) is 8.66. The Morgan fingerprint density at radius 1 is 0.947 bits per heavy atom. The number of halogens is 4. The molecule has 0 amide bonds. The van der Waals surface area contributed by atoms with Crippen molar-refractivity contribution in [2.75, 3.05) is 75.6 Å². The van der Waals surface area contributed by atoms with Gasteiger partial charge in [-0.15, -0.1) is 0 Å². The molecule has 3 aliphatic heterocycles. The summed E-state index contributed by atoms with van der Waals surface area (Å²) in [7, 11) is 0. The molecule has 3 fully saturated rings. The Hall–Kier alpha value is -0.600. The highest BCUT2D eigenvalue weighted by Crippen LogP contribution is 2.22. The number of hydrogen-bond acceptors (Lipinski definition) is 8. The standard InChI is InChI=1S/C13H17BrFNO2S.C9H8BrFO2.C4H9NS/c14-12-2-1-11(7-13(12)15)18-9-10(17)8-16-3-5-19-6-4-16;10-8-2-1-6(3-9(8)11)12-4-7-5-13-7;1-3-6-4-2-5-1/h1-2,7,10,17H,3-6,8-9H2;1-3,7H,4-5H2;5H,1-4H2. The van der Waals surface area contributed by atoms with Gasteiger partial charge in [0, 0.05) is 67.9 Å². The van der Waals surface area contributed by atoms with E-state index in [4.69, 9.17) is 14.2 Å². The van der Waals surface area contributed by atoms with Crippen molar-refractivity contribution in [3.63, 3.8) is 0 Å². The van der Waals surface area contributed by atoms with Gasteiger partial charge in [-0.1, -0.05) is 0 Å². The van der Waals surface area contributed by atoms with E-state index in [1.165, 1.54) is 36.7 Å². The van der Waals surface area contributed by atoms with Crippen molar-refractivity contribution >= 4 is 55.4 Å². The molecule has 3 aliphatic rings. The normalized spacial score (nSPS) is 19.8. The molecule has 0 radical (unpaired) electrons. The first-order valence-corrected chi connectivity index (χ1v) is 16.3. The van der Waals surface area contributed by atoms with Gasteiger partial charge in [-0.05, 0) is 56.1 Å². The highest BCUT2D eigenvalue weighted by Gasteiger charge is 2.23. The van der Waals surface area contributed by atoms with Crippen molar-refractivity contribution < 1.29 is 28.1 Å². The van der Waals surface area contributed by atoms with Crippen LogP contribution in [-0.4, -0.2) is 97.8 Å². The third-order valence-electron chi connectivity index (χ3n) is 5.48. The lowest BCUT2D eigenvalue weighted by atomic mass is 10.3. The molecular formula is C26H34Br2F2N2O4S2. The van der Waals surface area contributed by atoms with E-state index in [2.05, 4.69) is 42.1 Å². The number of aliphatic hydroxyl groups is 1. The predicted octanol–water partition coefficient (Wildman–Crippen LogP) is 5.07. The van der Waals surface area contributed by atoms with Gasteiger partial charge in [0.1, 0.15) is 48.6 Å². The molecule has 0 aromatic heterocycles. The van der Waals surface area contributed by atoms with Gasteiger partial charge in [0.2, 0.25) is 0 Å². The average molecular weight is 701 g/mol. The summed E-state index contributed by atoms with van der Waals surface area (Å²) in [5.41, 5.74) is 0. The summed E-state index contributed by atoms with van der Waals surface area (Å²) < 4.78 is 42.7. The molecule has 38 heavy (non-hydrogen) atoms. The average Bonchev–Trinajstić information content (AvgIpc) is 3.77. The molecule has 0 bridgehead atoms. The monoisotopic (exact) mass is 698 g/mol. The highest BCUT2D eigenvalue weighted by atomic mass is 79.9. The number of nitrogens with zero attached hydrogens (tertiary/aromatic N) is 1. The number of thioether (sulfide) groups is 2. The van der Waals surface area contributed by atoms with Gasteiger partial charge in [0.25, 0.3) is 0 Å². The maximum Gasteiger partial charge on any atom is 0.141 e. The highest BCUT2D eigenvalue weighted by molar-refractivity contribution is 9.10. The first-order valence-electron chi connectivity index (χ1n) is 12.4. The number of aliphatic hydroxyl groups excluding tert-OH is 1. The second kappa shape index (κ2) is 18.0. The lowest BCUT2D eigenvalue weighted by Gasteiger charge is -2.28. The van der Waals surface area contributed by atoms with E-state index in [-0.39, 0.29) is 24.3 Å². The summed E-state index contributed by atoms with van der Waals surface area (Å²) in [6.45, 7) is 6.49. The Balaban J connectivity index is 0.000000180. The van der Waals surface area contributed by atoms with Crippen LogP contribution in [0.4, 0.5) is 8.78 Å². The van der Waals surface area contributed by atoms with E-state index in [0.29, 0.717) is 33.6 Å². The molecule has 2 N–H and O–H groups in total. The summed E-state index contributed by atoms with van der Waals surface area (Å²) in [6, 6.07) is 9.28. The molecule has 0 saturated carbocycles. The minimum absolute atomic E-state index is 0.185. The number of ether oxygens (including phenoxy) is 3. The number of β-amino-alcohol motifs (C(OH)–C–C–N with tert-alkyl or cyclic N) is 1. The minimum Gasteiger partial charge on any atom is -0.491 e. The Morgan fingerprint density at radius 3 is 1.97 bits per heavy atom. The van der Waals surface area contributed by atoms with Gasteiger partial charge in [-0.3, -0.25) is 4.90 Å². The Kier molecular flexibility index (Phi) is 15.1. The van der Waals surface area contributed by atoms with Crippen LogP contribution in [0.25, 0.3) is 0 Å². The van der Waals surface area contributed by atoms with Crippen LogP contribution in [0.5, 0.6) is 11.5 Å². The lowest BCUT2D eigenvalue weighted by Crippen LogP contribution is -2.40. The Labute approximate surface area is 248 Å². The molecule has 12 heteroatoms.